The lowest BCUT2D eigenvalue weighted by Gasteiger charge is -2.28. The second-order valence-electron chi connectivity index (χ2n) is 3.76. The number of nitrogens with two attached hydrogens (primary N) is 1. The minimum Gasteiger partial charge on any atom is -0.462 e. The number of nitrogens with zero attached hydrogens (tertiary/aromatic N) is 1. The third kappa shape index (κ3) is 6.54. The Morgan fingerprint density at radius 3 is 2.54 bits per heavy atom. The predicted molar refractivity (Wildman–Crippen MR) is 52.1 cm³/mol. The van der Waals surface area contributed by atoms with Gasteiger partial charge in [-0.3, -0.25) is 0 Å². The molecule has 13 heavy (non-hydrogen) atoms. The summed E-state index contributed by atoms with van der Waals surface area (Å²) in [5.41, 5.74) is 5.40. The van der Waals surface area contributed by atoms with Crippen molar-refractivity contribution in [3.8, 4) is 0 Å². The fraction of sp³-hybridized carbons (Fsp3) is 0.889. The first kappa shape index (κ1) is 12.4. The molecule has 0 radical (unpaired) electrons. The van der Waals surface area contributed by atoms with Crippen molar-refractivity contribution < 1.29 is 14.0 Å². The van der Waals surface area contributed by atoms with Crippen molar-refractivity contribution in [2.45, 2.75) is 13.3 Å². The molecule has 0 saturated heterocycles. The maximum absolute atomic E-state index is 11.2. The summed E-state index contributed by atoms with van der Waals surface area (Å²) >= 11 is 0. The number of rotatable bonds is 6. The normalized spacial score (nSPS) is 11.4. The Balaban J connectivity index is 3.79. The quantitative estimate of drug-likeness (QED) is 0.472. The van der Waals surface area contributed by atoms with Crippen LogP contribution in [0, 0.1) is 0 Å². The van der Waals surface area contributed by atoms with Gasteiger partial charge in [0, 0.05) is 6.42 Å². The first-order valence-electron chi connectivity index (χ1n) is 4.69. The topological polar surface area (TPSA) is 52.3 Å². The summed E-state index contributed by atoms with van der Waals surface area (Å²) in [5, 5.41) is 0. The molecule has 0 spiro atoms. The summed E-state index contributed by atoms with van der Waals surface area (Å²) in [4.78, 5) is 11.2. The van der Waals surface area contributed by atoms with Gasteiger partial charge in [-0.05, 0) is 13.5 Å². The average Bonchev–Trinajstić information content (AvgIpc) is 2.00. The van der Waals surface area contributed by atoms with Crippen LogP contribution in [-0.4, -0.2) is 50.8 Å². The molecule has 78 valence electrons. The third-order valence-corrected chi connectivity index (χ3v) is 1.83. The highest BCUT2D eigenvalue weighted by Gasteiger charge is 2.19. The summed E-state index contributed by atoms with van der Waals surface area (Å²) in [6, 6.07) is 0. The highest BCUT2D eigenvalue weighted by molar-refractivity contribution is 5.70. The fourth-order valence-corrected chi connectivity index (χ4v) is 1.15. The first-order chi connectivity index (χ1) is 6.02. The van der Waals surface area contributed by atoms with Crippen molar-refractivity contribution in [2.75, 3.05) is 40.3 Å². The molecular weight excluding hydrogens is 168 g/mol. The van der Waals surface area contributed by atoms with Gasteiger partial charge in [0.1, 0.15) is 0 Å². The van der Waals surface area contributed by atoms with Gasteiger partial charge in [-0.15, -0.1) is 0 Å². The Morgan fingerprint density at radius 1 is 1.46 bits per heavy atom. The third-order valence-electron chi connectivity index (χ3n) is 1.83. The maximum atomic E-state index is 11.2. The molecule has 0 rings (SSSR count). The number of ether oxygens (including phenoxy) is 1. The summed E-state index contributed by atoms with van der Waals surface area (Å²) in [7, 11) is 4.01. The summed E-state index contributed by atoms with van der Waals surface area (Å²) in [6.45, 7) is 4.28. The van der Waals surface area contributed by atoms with Gasteiger partial charge in [-0.1, -0.05) is 0 Å². The van der Waals surface area contributed by atoms with E-state index in [1.54, 1.807) is 0 Å². The molecule has 0 amide bonds. The SMILES string of the molecule is CCOC(=O)C[N+](C)(C)CCCN. The number of hydrogen-bond donors (Lipinski definition) is 1. The Kier molecular flexibility index (Phi) is 5.66. The molecular formula is C9H21N2O2+. The van der Waals surface area contributed by atoms with Crippen molar-refractivity contribution in [1.82, 2.24) is 0 Å². The molecule has 0 unspecified atom stereocenters. The van der Waals surface area contributed by atoms with E-state index in [2.05, 4.69) is 0 Å². The zero-order valence-corrected chi connectivity index (χ0v) is 8.88. The molecule has 0 aromatic heterocycles. The van der Waals surface area contributed by atoms with Gasteiger partial charge in [0.15, 0.2) is 6.54 Å². The van der Waals surface area contributed by atoms with Gasteiger partial charge in [0.2, 0.25) is 0 Å². The lowest BCUT2D eigenvalue weighted by Crippen LogP contribution is -2.45. The Morgan fingerprint density at radius 2 is 2.08 bits per heavy atom. The van der Waals surface area contributed by atoms with E-state index < -0.39 is 0 Å². The van der Waals surface area contributed by atoms with E-state index in [4.69, 9.17) is 10.5 Å². The van der Waals surface area contributed by atoms with Gasteiger partial charge in [-0.25, -0.2) is 4.79 Å². The van der Waals surface area contributed by atoms with E-state index >= 15 is 0 Å². The van der Waals surface area contributed by atoms with Gasteiger partial charge >= 0.3 is 5.97 Å². The molecule has 0 heterocycles. The fourth-order valence-electron chi connectivity index (χ4n) is 1.15. The van der Waals surface area contributed by atoms with Crippen LogP contribution in [0.25, 0.3) is 0 Å². The molecule has 2 N–H and O–H groups in total. The number of carbonyl (C=O) groups excluding carboxylic acids is 1. The lowest BCUT2D eigenvalue weighted by atomic mass is 10.3. The molecule has 0 aliphatic heterocycles. The van der Waals surface area contributed by atoms with Crippen LogP contribution in [0.5, 0.6) is 0 Å². The van der Waals surface area contributed by atoms with Gasteiger partial charge in [0.25, 0.3) is 0 Å². The second-order valence-corrected chi connectivity index (χ2v) is 3.76. The second kappa shape index (κ2) is 5.94. The zero-order chi connectivity index (χ0) is 10.3. The van der Waals surface area contributed by atoms with E-state index in [-0.39, 0.29) is 5.97 Å². The highest BCUT2D eigenvalue weighted by atomic mass is 16.5. The van der Waals surface area contributed by atoms with Crippen molar-refractivity contribution in [3.05, 3.63) is 0 Å². The Hall–Kier alpha value is -0.610. The number of quaternary nitrogens is 1. The first-order valence-corrected chi connectivity index (χ1v) is 4.69. The number of likely N-dealkylation sites (N-methyl/N-ethyl adjacent to an activating group) is 1. The van der Waals surface area contributed by atoms with Crippen LogP contribution >= 0.6 is 0 Å². The molecule has 0 aliphatic carbocycles. The minimum absolute atomic E-state index is 0.135. The average molecular weight is 189 g/mol. The summed E-state index contributed by atoms with van der Waals surface area (Å²) in [6.07, 6.45) is 0.937. The van der Waals surface area contributed by atoms with E-state index in [0.29, 0.717) is 24.2 Å². The van der Waals surface area contributed by atoms with Crippen LogP contribution in [0.2, 0.25) is 0 Å². The van der Waals surface area contributed by atoms with Crippen LogP contribution < -0.4 is 5.73 Å². The Bertz CT molecular complexity index is 158. The lowest BCUT2D eigenvalue weighted by molar-refractivity contribution is -0.883. The standard InChI is InChI=1S/C9H21N2O2/c1-4-13-9(12)8-11(2,3)7-5-6-10/h4-8,10H2,1-3H3/q+1. The van der Waals surface area contributed by atoms with Gasteiger partial charge in [-0.2, -0.15) is 0 Å². The van der Waals surface area contributed by atoms with E-state index in [1.165, 1.54) is 0 Å². The summed E-state index contributed by atoms with van der Waals surface area (Å²) < 4.78 is 5.52. The van der Waals surface area contributed by atoms with Crippen molar-refractivity contribution in [3.63, 3.8) is 0 Å². The molecule has 0 fully saturated rings. The van der Waals surface area contributed by atoms with Crippen LogP contribution in [-0.2, 0) is 9.53 Å². The van der Waals surface area contributed by atoms with Crippen molar-refractivity contribution >= 4 is 5.97 Å². The molecule has 0 bridgehead atoms. The van der Waals surface area contributed by atoms with Gasteiger partial charge < -0.3 is 15.0 Å². The summed E-state index contributed by atoms with van der Waals surface area (Å²) in [5.74, 6) is -0.135. The van der Waals surface area contributed by atoms with Crippen molar-refractivity contribution in [2.24, 2.45) is 5.73 Å². The number of esters is 1. The Labute approximate surface area is 80.2 Å². The molecule has 0 atom stereocenters. The maximum Gasteiger partial charge on any atom is 0.361 e. The van der Waals surface area contributed by atoms with E-state index in [1.807, 2.05) is 21.0 Å². The van der Waals surface area contributed by atoms with E-state index in [9.17, 15) is 4.79 Å². The van der Waals surface area contributed by atoms with Gasteiger partial charge in [0.05, 0.1) is 27.2 Å². The van der Waals surface area contributed by atoms with Crippen LogP contribution in [0.4, 0.5) is 0 Å². The monoisotopic (exact) mass is 189 g/mol. The molecule has 0 aromatic carbocycles. The number of hydrogen-bond acceptors (Lipinski definition) is 3. The van der Waals surface area contributed by atoms with Crippen LogP contribution in [0.15, 0.2) is 0 Å². The van der Waals surface area contributed by atoms with Crippen LogP contribution in [0.3, 0.4) is 0 Å². The highest BCUT2D eigenvalue weighted by Crippen LogP contribution is 1.99. The minimum atomic E-state index is -0.135. The number of carbonyl (C=O) groups is 1. The smallest absolute Gasteiger partial charge is 0.361 e. The zero-order valence-electron chi connectivity index (χ0n) is 8.88. The van der Waals surface area contributed by atoms with Crippen LogP contribution in [0.1, 0.15) is 13.3 Å². The molecule has 0 aliphatic rings. The molecule has 4 nitrogen and oxygen atoms in total. The van der Waals surface area contributed by atoms with Crippen molar-refractivity contribution in [1.29, 1.82) is 0 Å². The largest absolute Gasteiger partial charge is 0.462 e. The molecule has 0 saturated carbocycles. The van der Waals surface area contributed by atoms with E-state index in [0.717, 1.165) is 13.0 Å². The molecule has 4 heteroatoms. The predicted octanol–water partition coefficient (Wildman–Crippen LogP) is -0.0253. The molecule has 0 aromatic rings.